The van der Waals surface area contributed by atoms with E-state index in [0.29, 0.717) is 17.0 Å². The SMILES string of the molecule is CNS(=O)(=O)c1ccc(NC(=O)Cc2noc3ccccc23)cc1. The average Bonchev–Trinajstić information content (AvgIpc) is 2.98. The standard InChI is InChI=1S/C16H15N3O4S/c1-17-24(21,22)12-8-6-11(7-9-12)18-16(20)10-14-13-4-2-3-5-15(13)23-19-14/h2-9,17H,10H2,1H3,(H,18,20). The molecule has 0 aliphatic heterocycles. The Kier molecular flexibility index (Phi) is 4.32. The molecule has 124 valence electrons. The zero-order valence-electron chi connectivity index (χ0n) is 12.8. The summed E-state index contributed by atoms with van der Waals surface area (Å²) in [5, 5.41) is 7.41. The van der Waals surface area contributed by atoms with Crippen molar-refractivity contribution < 1.29 is 17.7 Å². The van der Waals surface area contributed by atoms with Crippen LogP contribution >= 0.6 is 0 Å². The molecule has 0 radical (unpaired) electrons. The number of anilines is 1. The minimum atomic E-state index is -3.49. The highest BCUT2D eigenvalue weighted by Gasteiger charge is 2.13. The molecule has 0 unspecified atom stereocenters. The first kappa shape index (κ1) is 16.2. The number of fused-ring (bicyclic) bond motifs is 1. The Morgan fingerprint density at radius 3 is 2.54 bits per heavy atom. The molecule has 0 bridgehead atoms. The maximum Gasteiger partial charge on any atom is 0.240 e. The molecule has 8 heteroatoms. The molecule has 3 aromatic rings. The molecule has 7 nitrogen and oxygen atoms in total. The van der Waals surface area contributed by atoms with Gasteiger partial charge in [-0.25, -0.2) is 13.1 Å². The van der Waals surface area contributed by atoms with E-state index in [4.69, 9.17) is 4.52 Å². The molecule has 2 aromatic carbocycles. The molecule has 0 atom stereocenters. The minimum absolute atomic E-state index is 0.0631. The maximum atomic E-state index is 12.1. The topological polar surface area (TPSA) is 101 Å². The van der Waals surface area contributed by atoms with Crippen LogP contribution in [0.5, 0.6) is 0 Å². The molecule has 2 N–H and O–H groups in total. The van der Waals surface area contributed by atoms with Gasteiger partial charge in [-0.15, -0.1) is 0 Å². The molecule has 0 spiro atoms. The Labute approximate surface area is 138 Å². The molecule has 0 saturated carbocycles. The van der Waals surface area contributed by atoms with Crippen LogP contribution in [0.3, 0.4) is 0 Å². The van der Waals surface area contributed by atoms with Crippen LogP contribution in [-0.4, -0.2) is 26.5 Å². The summed E-state index contributed by atoms with van der Waals surface area (Å²) in [5.41, 5.74) is 1.68. The number of benzene rings is 2. The number of rotatable bonds is 5. The van der Waals surface area contributed by atoms with Gasteiger partial charge in [-0.2, -0.15) is 0 Å². The van der Waals surface area contributed by atoms with Crippen LogP contribution in [0.4, 0.5) is 5.69 Å². The van der Waals surface area contributed by atoms with Gasteiger partial charge in [0.2, 0.25) is 15.9 Å². The van der Waals surface area contributed by atoms with Crippen molar-refractivity contribution in [2.45, 2.75) is 11.3 Å². The smallest absolute Gasteiger partial charge is 0.240 e. The van der Waals surface area contributed by atoms with Crippen molar-refractivity contribution >= 4 is 32.6 Å². The lowest BCUT2D eigenvalue weighted by atomic mass is 10.1. The fraction of sp³-hybridized carbons (Fsp3) is 0.125. The number of aromatic nitrogens is 1. The van der Waals surface area contributed by atoms with Crippen molar-refractivity contribution in [1.29, 1.82) is 0 Å². The Morgan fingerprint density at radius 1 is 1.12 bits per heavy atom. The third-order valence-corrected chi connectivity index (χ3v) is 4.93. The van der Waals surface area contributed by atoms with Crippen LogP contribution < -0.4 is 10.0 Å². The van der Waals surface area contributed by atoms with Gasteiger partial charge in [-0.1, -0.05) is 17.3 Å². The molecular weight excluding hydrogens is 330 g/mol. The Bertz CT molecular complexity index is 978. The number of carbonyl (C=O) groups excluding carboxylic acids is 1. The number of hydrogen-bond donors (Lipinski definition) is 2. The van der Waals surface area contributed by atoms with E-state index in [0.717, 1.165) is 5.39 Å². The number of para-hydroxylation sites is 1. The second-order valence-electron chi connectivity index (χ2n) is 5.08. The third-order valence-electron chi connectivity index (χ3n) is 3.50. The van der Waals surface area contributed by atoms with Crippen molar-refractivity contribution in [2.24, 2.45) is 0 Å². The van der Waals surface area contributed by atoms with Gasteiger partial charge in [0.15, 0.2) is 5.58 Å². The molecule has 3 rings (SSSR count). The van der Waals surface area contributed by atoms with Crippen molar-refractivity contribution in [1.82, 2.24) is 9.88 Å². The summed E-state index contributed by atoms with van der Waals surface area (Å²) in [7, 11) is -2.15. The van der Waals surface area contributed by atoms with Gasteiger partial charge in [-0.05, 0) is 43.4 Å². The minimum Gasteiger partial charge on any atom is -0.356 e. The second-order valence-corrected chi connectivity index (χ2v) is 6.97. The largest absolute Gasteiger partial charge is 0.356 e. The molecule has 24 heavy (non-hydrogen) atoms. The lowest BCUT2D eigenvalue weighted by Crippen LogP contribution is -2.18. The zero-order chi connectivity index (χ0) is 17.2. The van der Waals surface area contributed by atoms with E-state index in [1.165, 1.54) is 31.3 Å². The summed E-state index contributed by atoms with van der Waals surface area (Å²) >= 11 is 0. The Hall–Kier alpha value is -2.71. The van der Waals surface area contributed by atoms with E-state index in [2.05, 4.69) is 15.2 Å². The van der Waals surface area contributed by atoms with Gasteiger partial charge in [0.1, 0.15) is 5.69 Å². The molecule has 0 aliphatic carbocycles. The summed E-state index contributed by atoms with van der Waals surface area (Å²) in [4.78, 5) is 12.3. The summed E-state index contributed by atoms with van der Waals surface area (Å²) in [6.45, 7) is 0. The fourth-order valence-electron chi connectivity index (χ4n) is 2.26. The van der Waals surface area contributed by atoms with Crippen molar-refractivity contribution in [2.75, 3.05) is 12.4 Å². The van der Waals surface area contributed by atoms with Gasteiger partial charge in [0.05, 0.1) is 11.3 Å². The van der Waals surface area contributed by atoms with Crippen LogP contribution in [0.1, 0.15) is 5.69 Å². The number of nitrogens with zero attached hydrogens (tertiary/aromatic N) is 1. The lowest BCUT2D eigenvalue weighted by molar-refractivity contribution is -0.115. The van der Waals surface area contributed by atoms with E-state index in [9.17, 15) is 13.2 Å². The molecule has 0 saturated heterocycles. The first-order valence-corrected chi connectivity index (χ1v) is 8.64. The number of hydrogen-bond acceptors (Lipinski definition) is 5. The highest BCUT2D eigenvalue weighted by Crippen LogP contribution is 2.19. The molecule has 1 aromatic heterocycles. The van der Waals surface area contributed by atoms with E-state index in [-0.39, 0.29) is 17.2 Å². The number of nitrogens with one attached hydrogen (secondary N) is 2. The van der Waals surface area contributed by atoms with Gasteiger partial charge < -0.3 is 9.84 Å². The first-order valence-electron chi connectivity index (χ1n) is 7.16. The molecule has 0 fully saturated rings. The Morgan fingerprint density at radius 2 is 1.83 bits per heavy atom. The summed E-state index contributed by atoms with van der Waals surface area (Å²) < 4.78 is 30.7. The lowest BCUT2D eigenvalue weighted by Gasteiger charge is -2.06. The van der Waals surface area contributed by atoms with Crippen LogP contribution in [-0.2, 0) is 21.2 Å². The maximum absolute atomic E-state index is 12.1. The van der Waals surface area contributed by atoms with Crippen molar-refractivity contribution in [3.8, 4) is 0 Å². The molecular formula is C16H15N3O4S. The monoisotopic (exact) mass is 345 g/mol. The van der Waals surface area contributed by atoms with Crippen molar-refractivity contribution in [3.05, 3.63) is 54.2 Å². The first-order chi connectivity index (χ1) is 11.5. The van der Waals surface area contributed by atoms with E-state index in [1.807, 2.05) is 18.2 Å². The van der Waals surface area contributed by atoms with Crippen LogP contribution in [0, 0.1) is 0 Å². The zero-order valence-corrected chi connectivity index (χ0v) is 13.6. The van der Waals surface area contributed by atoms with Crippen LogP contribution in [0.25, 0.3) is 11.0 Å². The summed E-state index contributed by atoms with van der Waals surface area (Å²) in [5.74, 6) is -0.265. The normalized spacial score (nSPS) is 11.5. The van der Waals surface area contributed by atoms with Crippen molar-refractivity contribution in [3.63, 3.8) is 0 Å². The number of amides is 1. The van der Waals surface area contributed by atoms with E-state index in [1.54, 1.807) is 6.07 Å². The fourth-order valence-corrected chi connectivity index (χ4v) is 2.99. The van der Waals surface area contributed by atoms with Crippen LogP contribution in [0.15, 0.2) is 57.9 Å². The van der Waals surface area contributed by atoms with E-state index < -0.39 is 10.0 Å². The Balaban J connectivity index is 1.71. The quantitative estimate of drug-likeness (QED) is 0.735. The van der Waals surface area contributed by atoms with Gasteiger partial charge >= 0.3 is 0 Å². The molecule has 1 amide bonds. The predicted molar refractivity (Wildman–Crippen MR) is 89.0 cm³/mol. The molecule has 1 heterocycles. The van der Waals surface area contributed by atoms with Gasteiger partial charge in [0.25, 0.3) is 0 Å². The van der Waals surface area contributed by atoms with Crippen LogP contribution in [0.2, 0.25) is 0 Å². The molecule has 0 aliphatic rings. The highest BCUT2D eigenvalue weighted by molar-refractivity contribution is 7.89. The highest BCUT2D eigenvalue weighted by atomic mass is 32.2. The number of sulfonamides is 1. The summed E-state index contributed by atoms with van der Waals surface area (Å²) in [6.07, 6.45) is 0.0631. The predicted octanol–water partition coefficient (Wildman–Crippen LogP) is 1.92. The second kappa shape index (κ2) is 6.42. The summed E-state index contributed by atoms with van der Waals surface area (Å²) in [6, 6.07) is 13.2. The van der Waals surface area contributed by atoms with E-state index >= 15 is 0 Å². The van der Waals surface area contributed by atoms with Gasteiger partial charge in [0, 0.05) is 11.1 Å². The average molecular weight is 345 g/mol. The number of carbonyl (C=O) groups is 1. The third kappa shape index (κ3) is 3.29. The van der Waals surface area contributed by atoms with Gasteiger partial charge in [-0.3, -0.25) is 4.79 Å².